The zero-order valence-electron chi connectivity index (χ0n) is 14.3. The summed E-state index contributed by atoms with van der Waals surface area (Å²) in [5.74, 6) is -0.107. The molecule has 0 spiro atoms. The van der Waals surface area contributed by atoms with E-state index in [1.165, 1.54) is 16.8 Å². The van der Waals surface area contributed by atoms with Gasteiger partial charge in [0.2, 0.25) is 0 Å². The van der Waals surface area contributed by atoms with E-state index < -0.39 is 0 Å². The van der Waals surface area contributed by atoms with Crippen LogP contribution in [-0.2, 0) is 19.4 Å². The first-order valence-electron chi connectivity index (χ1n) is 8.70. The molecule has 3 heteroatoms. The lowest BCUT2D eigenvalue weighted by molar-refractivity contribution is 0.245. The zero-order chi connectivity index (χ0) is 16.7. The van der Waals surface area contributed by atoms with Crippen molar-refractivity contribution in [3.63, 3.8) is 0 Å². The predicted molar refractivity (Wildman–Crippen MR) is 96.8 cm³/mol. The Morgan fingerprint density at radius 3 is 2.67 bits per heavy atom. The van der Waals surface area contributed by atoms with Gasteiger partial charge in [0.1, 0.15) is 5.82 Å². The highest BCUT2D eigenvalue weighted by atomic mass is 19.1. The van der Waals surface area contributed by atoms with Crippen molar-refractivity contribution < 1.29 is 4.39 Å². The molecule has 1 unspecified atom stereocenters. The highest BCUT2D eigenvalue weighted by molar-refractivity contribution is 5.87. The molecule has 3 aromatic rings. The van der Waals surface area contributed by atoms with Crippen molar-refractivity contribution in [3.8, 4) is 0 Å². The van der Waals surface area contributed by atoms with Crippen LogP contribution in [0.1, 0.15) is 29.8 Å². The summed E-state index contributed by atoms with van der Waals surface area (Å²) < 4.78 is 16.9. The Balaban J connectivity index is 1.82. The Morgan fingerprint density at radius 2 is 1.88 bits per heavy atom. The number of fused-ring (bicyclic) bond motifs is 3. The Bertz CT molecular complexity index is 866. The smallest absolute Gasteiger partial charge is 0.147 e. The zero-order valence-corrected chi connectivity index (χ0v) is 14.3. The van der Waals surface area contributed by atoms with Gasteiger partial charge in [0, 0.05) is 36.6 Å². The molecule has 0 fully saturated rings. The molecule has 24 heavy (non-hydrogen) atoms. The van der Waals surface area contributed by atoms with Crippen LogP contribution in [0.15, 0.2) is 48.5 Å². The number of para-hydroxylation sites is 1. The van der Waals surface area contributed by atoms with Crippen molar-refractivity contribution in [1.82, 2.24) is 9.47 Å². The molecule has 0 aliphatic carbocycles. The highest BCUT2D eigenvalue weighted by Gasteiger charge is 2.28. The van der Waals surface area contributed by atoms with Gasteiger partial charge in [-0.3, -0.25) is 4.90 Å². The van der Waals surface area contributed by atoms with Crippen LogP contribution in [0.2, 0.25) is 0 Å². The molecule has 124 valence electrons. The van der Waals surface area contributed by atoms with Gasteiger partial charge >= 0.3 is 0 Å². The van der Waals surface area contributed by atoms with Crippen molar-refractivity contribution in [2.45, 2.75) is 32.4 Å². The quantitative estimate of drug-likeness (QED) is 0.685. The molecule has 2 nitrogen and oxygen atoms in total. The minimum Gasteiger partial charge on any atom is -0.342 e. The van der Waals surface area contributed by atoms with E-state index in [1.54, 1.807) is 6.07 Å². The number of rotatable bonds is 3. The van der Waals surface area contributed by atoms with Gasteiger partial charge in [-0.15, -0.1) is 0 Å². The van der Waals surface area contributed by atoms with E-state index in [0.29, 0.717) is 6.04 Å². The molecular formula is C21H23FN2. The largest absolute Gasteiger partial charge is 0.342 e. The van der Waals surface area contributed by atoms with Crippen LogP contribution in [0.5, 0.6) is 0 Å². The fraction of sp³-hybridized carbons (Fsp3) is 0.333. The number of benzene rings is 2. The van der Waals surface area contributed by atoms with Crippen molar-refractivity contribution >= 4 is 10.9 Å². The molecule has 0 amide bonds. The molecule has 4 rings (SSSR count). The van der Waals surface area contributed by atoms with E-state index in [-0.39, 0.29) is 5.82 Å². The third-order valence-corrected chi connectivity index (χ3v) is 5.43. The predicted octanol–water partition coefficient (Wildman–Crippen LogP) is 4.57. The molecule has 1 aliphatic rings. The minimum absolute atomic E-state index is 0.107. The molecule has 0 radical (unpaired) electrons. The molecule has 1 aliphatic heterocycles. The SMILES string of the molecule is CC1c2c(n(CCc3ccccc3)c3c(F)cccc23)CCN1C. The second-order valence-electron chi connectivity index (χ2n) is 6.79. The lowest BCUT2D eigenvalue weighted by Gasteiger charge is -2.31. The average Bonchev–Trinajstić information content (AvgIpc) is 2.93. The molecule has 0 N–H and O–H groups in total. The Hall–Kier alpha value is -2.13. The summed E-state index contributed by atoms with van der Waals surface area (Å²) in [6.45, 7) is 4.08. The molecule has 0 saturated carbocycles. The third-order valence-electron chi connectivity index (χ3n) is 5.43. The number of halogens is 1. The van der Waals surface area contributed by atoms with E-state index in [9.17, 15) is 4.39 Å². The van der Waals surface area contributed by atoms with Crippen molar-refractivity contribution in [2.24, 2.45) is 0 Å². The normalized spacial score (nSPS) is 18.0. The highest BCUT2D eigenvalue weighted by Crippen LogP contribution is 2.38. The first kappa shape index (κ1) is 15.4. The fourth-order valence-electron chi connectivity index (χ4n) is 4.01. The summed E-state index contributed by atoms with van der Waals surface area (Å²) >= 11 is 0. The van der Waals surface area contributed by atoms with Crippen LogP contribution in [0.4, 0.5) is 4.39 Å². The number of nitrogens with zero attached hydrogens (tertiary/aromatic N) is 2. The first-order chi connectivity index (χ1) is 11.7. The Kier molecular flexibility index (Phi) is 3.89. The van der Waals surface area contributed by atoms with Crippen LogP contribution in [-0.4, -0.2) is 23.1 Å². The second-order valence-corrected chi connectivity index (χ2v) is 6.79. The van der Waals surface area contributed by atoms with E-state index in [4.69, 9.17) is 0 Å². The fourth-order valence-corrected chi connectivity index (χ4v) is 4.01. The van der Waals surface area contributed by atoms with Gasteiger partial charge in [0.05, 0.1) is 5.52 Å². The van der Waals surface area contributed by atoms with Crippen LogP contribution >= 0.6 is 0 Å². The van der Waals surface area contributed by atoms with Crippen LogP contribution in [0, 0.1) is 5.82 Å². The van der Waals surface area contributed by atoms with Gasteiger partial charge in [-0.05, 0) is 37.6 Å². The van der Waals surface area contributed by atoms with E-state index >= 15 is 0 Å². The number of hydrogen-bond donors (Lipinski definition) is 0. The van der Waals surface area contributed by atoms with Crippen LogP contribution in [0.3, 0.4) is 0 Å². The van der Waals surface area contributed by atoms with Crippen molar-refractivity contribution in [1.29, 1.82) is 0 Å². The summed E-state index contributed by atoms with van der Waals surface area (Å²) in [5.41, 5.74) is 4.70. The van der Waals surface area contributed by atoms with Crippen LogP contribution < -0.4 is 0 Å². The maximum atomic E-state index is 14.6. The Labute approximate surface area is 142 Å². The van der Waals surface area contributed by atoms with Gasteiger partial charge in [-0.25, -0.2) is 4.39 Å². The Morgan fingerprint density at radius 1 is 1.08 bits per heavy atom. The lowest BCUT2D eigenvalue weighted by atomic mass is 9.97. The third kappa shape index (κ3) is 2.44. The number of aryl methyl sites for hydroxylation is 2. The van der Waals surface area contributed by atoms with Gasteiger partial charge < -0.3 is 4.57 Å². The molecule has 2 heterocycles. The summed E-state index contributed by atoms with van der Waals surface area (Å²) in [6, 6.07) is 16.3. The van der Waals surface area contributed by atoms with Crippen molar-refractivity contribution in [3.05, 3.63) is 71.2 Å². The number of aromatic nitrogens is 1. The molecule has 2 aromatic carbocycles. The first-order valence-corrected chi connectivity index (χ1v) is 8.70. The van der Waals surface area contributed by atoms with Gasteiger partial charge in [-0.1, -0.05) is 42.5 Å². The van der Waals surface area contributed by atoms with Gasteiger partial charge in [0.25, 0.3) is 0 Å². The molecule has 1 aromatic heterocycles. The minimum atomic E-state index is -0.107. The molecule has 0 bridgehead atoms. The standard InChI is InChI=1S/C21H23FN2/c1-15-20-17-9-6-10-18(22)21(17)24(19(20)12-13-23(15)2)14-11-16-7-4-3-5-8-16/h3-10,15H,11-14H2,1-2H3. The summed E-state index contributed by atoms with van der Waals surface area (Å²) in [5, 5.41) is 1.08. The van der Waals surface area contributed by atoms with Crippen molar-refractivity contribution in [2.75, 3.05) is 13.6 Å². The van der Waals surface area contributed by atoms with Gasteiger partial charge in [0.15, 0.2) is 0 Å². The van der Waals surface area contributed by atoms with E-state index in [0.717, 1.165) is 36.8 Å². The lowest BCUT2D eigenvalue weighted by Crippen LogP contribution is -2.31. The maximum absolute atomic E-state index is 14.6. The van der Waals surface area contributed by atoms with Gasteiger partial charge in [-0.2, -0.15) is 0 Å². The average molecular weight is 322 g/mol. The molecular weight excluding hydrogens is 299 g/mol. The summed E-state index contributed by atoms with van der Waals surface area (Å²) in [4.78, 5) is 2.36. The topological polar surface area (TPSA) is 8.17 Å². The van der Waals surface area contributed by atoms with E-state index in [2.05, 4.69) is 53.8 Å². The summed E-state index contributed by atoms with van der Waals surface area (Å²) in [7, 11) is 2.15. The van der Waals surface area contributed by atoms with E-state index in [1.807, 2.05) is 12.1 Å². The molecule has 1 atom stereocenters. The monoisotopic (exact) mass is 322 g/mol. The number of hydrogen-bond acceptors (Lipinski definition) is 1. The summed E-state index contributed by atoms with van der Waals surface area (Å²) in [6.07, 6.45) is 1.91. The van der Waals surface area contributed by atoms with Crippen LogP contribution in [0.25, 0.3) is 10.9 Å². The second kappa shape index (κ2) is 6.06. The maximum Gasteiger partial charge on any atom is 0.147 e. The molecule has 0 saturated heterocycles. The number of likely N-dealkylation sites (N-methyl/N-ethyl adjacent to an activating group) is 1.